The summed E-state index contributed by atoms with van der Waals surface area (Å²) in [6, 6.07) is 14.1. The number of aliphatic hydroxyl groups excluding tert-OH is 1. The minimum absolute atomic E-state index is 0.152. The fourth-order valence-electron chi connectivity index (χ4n) is 1.85. The van der Waals surface area contributed by atoms with Gasteiger partial charge in [0.05, 0.1) is 6.61 Å². The molecule has 2 aromatic carbocycles. The third-order valence-corrected chi connectivity index (χ3v) is 4.95. The molecule has 2 rings (SSSR count). The third kappa shape index (κ3) is 4.05. The average Bonchev–Trinajstić information content (AvgIpc) is 2.54. The van der Waals surface area contributed by atoms with Crippen LogP contribution in [-0.4, -0.2) is 11.7 Å². The van der Waals surface area contributed by atoms with Gasteiger partial charge in [-0.2, -0.15) is 0 Å². The van der Waals surface area contributed by atoms with Gasteiger partial charge in [-0.15, -0.1) is 0 Å². The molecule has 5 heteroatoms. The molecule has 0 aromatic heterocycles. The van der Waals surface area contributed by atoms with Crippen molar-refractivity contribution >= 4 is 7.37 Å². The highest BCUT2D eigenvalue weighted by Gasteiger charge is 2.32. The van der Waals surface area contributed by atoms with E-state index in [0.29, 0.717) is 11.1 Å². The molecular formula is C17H16FO3P. The van der Waals surface area contributed by atoms with Crippen LogP contribution in [0.1, 0.15) is 23.9 Å². The first-order chi connectivity index (χ1) is 10.5. The molecule has 0 radical (unpaired) electrons. The van der Waals surface area contributed by atoms with Crippen molar-refractivity contribution in [3.8, 4) is 11.6 Å². The van der Waals surface area contributed by atoms with Crippen LogP contribution in [0.5, 0.6) is 0 Å². The summed E-state index contributed by atoms with van der Waals surface area (Å²) in [5.41, 5.74) is 3.55. The molecule has 0 amide bonds. The summed E-state index contributed by atoms with van der Waals surface area (Å²) in [7, 11) is -3.64. The van der Waals surface area contributed by atoms with Crippen LogP contribution in [0.15, 0.2) is 54.6 Å². The second-order valence-electron chi connectivity index (χ2n) is 4.54. The van der Waals surface area contributed by atoms with Gasteiger partial charge in [0, 0.05) is 5.56 Å². The molecule has 0 saturated carbocycles. The minimum atomic E-state index is -3.64. The smallest absolute Gasteiger partial charge is 0.306 e. The molecular weight excluding hydrogens is 302 g/mol. The molecule has 0 aliphatic carbocycles. The second kappa shape index (κ2) is 7.38. The number of hydrogen-bond donors (Lipinski definition) is 1. The van der Waals surface area contributed by atoms with Crippen molar-refractivity contribution in [3.05, 3.63) is 71.5 Å². The van der Waals surface area contributed by atoms with Crippen molar-refractivity contribution in [3.63, 3.8) is 0 Å². The summed E-state index contributed by atoms with van der Waals surface area (Å²) < 4.78 is 31.0. The number of hydrogen-bond acceptors (Lipinski definition) is 3. The van der Waals surface area contributed by atoms with Crippen molar-refractivity contribution in [2.45, 2.75) is 12.8 Å². The van der Waals surface area contributed by atoms with Crippen LogP contribution in [0.25, 0.3) is 0 Å². The number of benzene rings is 2. The zero-order valence-corrected chi connectivity index (χ0v) is 13.0. The summed E-state index contributed by atoms with van der Waals surface area (Å²) in [6.07, 6.45) is 0. The summed E-state index contributed by atoms with van der Waals surface area (Å²) in [5, 5.41) is 10.3. The summed E-state index contributed by atoms with van der Waals surface area (Å²) >= 11 is 0. The molecule has 1 N–H and O–H groups in total. The van der Waals surface area contributed by atoms with Gasteiger partial charge in [0.1, 0.15) is 5.82 Å². The zero-order chi connectivity index (χ0) is 16.0. The van der Waals surface area contributed by atoms with Crippen molar-refractivity contribution in [1.82, 2.24) is 0 Å². The first-order valence-corrected chi connectivity index (χ1v) is 8.50. The molecule has 0 heterocycles. The topological polar surface area (TPSA) is 46.5 Å². The molecule has 0 bridgehead atoms. The third-order valence-electron chi connectivity index (χ3n) is 2.94. The average molecular weight is 318 g/mol. The SMILES string of the molecule is CCOP(=O)(C#Cc1ccccc1)C(O)c1ccc(F)cc1. The molecule has 0 spiro atoms. The Bertz CT molecular complexity index is 717. The Morgan fingerprint density at radius 2 is 1.82 bits per heavy atom. The molecule has 0 saturated heterocycles. The van der Waals surface area contributed by atoms with Gasteiger partial charge in [-0.05, 0) is 42.4 Å². The molecule has 2 atom stereocenters. The van der Waals surface area contributed by atoms with E-state index in [1.807, 2.05) is 18.2 Å². The Labute approximate surface area is 129 Å². The normalized spacial score (nSPS) is 14.5. The van der Waals surface area contributed by atoms with Crippen molar-refractivity contribution in [2.75, 3.05) is 6.61 Å². The number of rotatable bonds is 4. The van der Waals surface area contributed by atoms with Crippen LogP contribution in [-0.2, 0) is 9.09 Å². The largest absolute Gasteiger partial charge is 0.377 e. The van der Waals surface area contributed by atoms with Crippen LogP contribution < -0.4 is 0 Å². The van der Waals surface area contributed by atoms with Gasteiger partial charge in [0.15, 0.2) is 5.85 Å². The van der Waals surface area contributed by atoms with Crippen LogP contribution in [0.3, 0.4) is 0 Å². The van der Waals surface area contributed by atoms with E-state index in [1.54, 1.807) is 19.1 Å². The van der Waals surface area contributed by atoms with Gasteiger partial charge < -0.3 is 9.63 Å². The standard InChI is InChI=1S/C17H16FO3P/c1-2-21-22(20,13-12-14-6-4-3-5-7-14)17(19)15-8-10-16(18)11-9-15/h3-11,17,19H,2H2,1H3. The first-order valence-electron chi connectivity index (χ1n) is 6.81. The van der Waals surface area contributed by atoms with Crippen LogP contribution in [0.2, 0.25) is 0 Å². The van der Waals surface area contributed by atoms with E-state index >= 15 is 0 Å². The molecule has 114 valence electrons. The molecule has 2 aromatic rings. The van der Waals surface area contributed by atoms with Gasteiger partial charge in [0.2, 0.25) is 0 Å². The van der Waals surface area contributed by atoms with E-state index in [-0.39, 0.29) is 6.61 Å². The van der Waals surface area contributed by atoms with Gasteiger partial charge in [-0.3, -0.25) is 4.57 Å². The maximum absolute atomic E-state index is 13.0. The highest BCUT2D eigenvalue weighted by Crippen LogP contribution is 2.57. The summed E-state index contributed by atoms with van der Waals surface area (Å²) in [5.74, 6) is 0.914. The maximum Gasteiger partial charge on any atom is 0.306 e. The van der Waals surface area contributed by atoms with Gasteiger partial charge in [-0.1, -0.05) is 36.3 Å². The lowest BCUT2D eigenvalue weighted by atomic mass is 10.2. The van der Waals surface area contributed by atoms with Crippen molar-refractivity contribution in [1.29, 1.82) is 0 Å². The lowest BCUT2D eigenvalue weighted by Crippen LogP contribution is -2.02. The van der Waals surface area contributed by atoms with Crippen LogP contribution in [0.4, 0.5) is 4.39 Å². The fourth-order valence-corrected chi connectivity index (χ4v) is 3.41. The van der Waals surface area contributed by atoms with Crippen molar-refractivity contribution in [2.24, 2.45) is 0 Å². The van der Waals surface area contributed by atoms with Gasteiger partial charge in [0.25, 0.3) is 0 Å². The molecule has 0 fully saturated rings. The van der Waals surface area contributed by atoms with E-state index in [0.717, 1.165) is 0 Å². The maximum atomic E-state index is 13.0. The van der Waals surface area contributed by atoms with Gasteiger partial charge >= 0.3 is 7.37 Å². The Hall–Kier alpha value is -1.92. The molecule has 0 aliphatic heterocycles. The summed E-state index contributed by atoms with van der Waals surface area (Å²) in [6.45, 7) is 1.83. The Morgan fingerprint density at radius 1 is 1.18 bits per heavy atom. The Balaban J connectivity index is 2.33. The predicted octanol–water partition coefficient (Wildman–Crippen LogP) is 4.14. The van der Waals surface area contributed by atoms with Crippen LogP contribution >= 0.6 is 7.37 Å². The Kier molecular flexibility index (Phi) is 5.51. The molecule has 2 unspecified atom stereocenters. The number of aliphatic hydroxyl groups is 1. The quantitative estimate of drug-likeness (QED) is 0.681. The number of halogens is 1. The van der Waals surface area contributed by atoms with E-state index in [9.17, 15) is 14.1 Å². The predicted molar refractivity (Wildman–Crippen MR) is 83.9 cm³/mol. The zero-order valence-electron chi connectivity index (χ0n) is 12.1. The molecule has 3 nitrogen and oxygen atoms in total. The van der Waals surface area contributed by atoms with E-state index in [2.05, 4.69) is 11.6 Å². The fraction of sp³-hybridized carbons (Fsp3) is 0.176. The highest BCUT2D eigenvalue weighted by molar-refractivity contribution is 7.64. The van der Waals surface area contributed by atoms with Crippen LogP contribution in [0, 0.1) is 17.4 Å². The van der Waals surface area contributed by atoms with Crippen molar-refractivity contribution < 1.29 is 18.6 Å². The highest BCUT2D eigenvalue weighted by atomic mass is 31.2. The minimum Gasteiger partial charge on any atom is -0.377 e. The van der Waals surface area contributed by atoms with E-state index in [4.69, 9.17) is 4.52 Å². The summed E-state index contributed by atoms with van der Waals surface area (Å²) in [4.78, 5) is 0. The van der Waals surface area contributed by atoms with E-state index in [1.165, 1.54) is 24.3 Å². The monoisotopic (exact) mass is 318 g/mol. The van der Waals surface area contributed by atoms with Gasteiger partial charge in [-0.25, -0.2) is 4.39 Å². The first kappa shape index (κ1) is 16.5. The second-order valence-corrected chi connectivity index (χ2v) is 6.71. The molecule has 22 heavy (non-hydrogen) atoms. The lowest BCUT2D eigenvalue weighted by Gasteiger charge is -2.18. The van der Waals surface area contributed by atoms with E-state index < -0.39 is 19.0 Å². The lowest BCUT2D eigenvalue weighted by molar-refractivity contribution is 0.218. The Morgan fingerprint density at radius 3 is 2.41 bits per heavy atom. The molecule has 0 aliphatic rings.